The molecule has 4 fully saturated rings. The molecule has 2 aromatic heterocycles. The number of phenols is 1. The van der Waals surface area contributed by atoms with Gasteiger partial charge in [0.25, 0.3) is 0 Å². The molecule has 6 heterocycles. The normalized spacial score (nSPS) is 30.2. The number of allylic oxidation sites excluding steroid dienone is 1. The summed E-state index contributed by atoms with van der Waals surface area (Å²) in [5.41, 5.74) is 1.72. The van der Waals surface area contributed by atoms with Crippen molar-refractivity contribution in [3.05, 3.63) is 41.3 Å². The van der Waals surface area contributed by atoms with Crippen molar-refractivity contribution in [2.75, 3.05) is 37.7 Å². The number of nitrogens with one attached hydrogen (secondary N) is 1. The van der Waals surface area contributed by atoms with Gasteiger partial charge in [-0.3, -0.25) is 9.88 Å². The topological polar surface area (TPSA) is 86.6 Å². The molecule has 4 saturated heterocycles. The van der Waals surface area contributed by atoms with E-state index < -0.39 is 12.0 Å². The molecule has 8 rings (SSSR count). The van der Waals surface area contributed by atoms with E-state index in [1.54, 1.807) is 12.3 Å². The second kappa shape index (κ2) is 9.99. The highest BCUT2D eigenvalue weighted by Crippen LogP contribution is 2.44. The molecule has 0 spiro atoms. The van der Waals surface area contributed by atoms with E-state index in [1.165, 1.54) is 6.07 Å². The molecule has 0 radical (unpaired) electrons. The number of benzene rings is 1. The predicted octanol–water partition coefficient (Wildman–Crippen LogP) is 5.13. The molecule has 3 aromatic rings. The zero-order valence-electron chi connectivity index (χ0n) is 23.2. The van der Waals surface area contributed by atoms with E-state index in [0.717, 1.165) is 56.4 Å². The number of piperazine rings is 1. The first-order valence-corrected chi connectivity index (χ1v) is 15.4. The summed E-state index contributed by atoms with van der Waals surface area (Å²) in [6.45, 7) is 3.02. The first kappa shape index (κ1) is 26.5. The standard InChI is InChI=1S/C31H33ClF2N6O2/c32-24-4-1-3-17-9-21(41)10-22(25(17)24)27-26(34)28-23(12-35-27)29(39-14-19-5-6-20(15-39)36-19)38-30(37-28)42-16-31-7-2-8-40(31)13-18(33)11-31/h1,3,9-10,12,18-20,24,36,41H,2,4-8,11,13-16H2/t18-,19?,20?,24?,31+/m1/s1. The Morgan fingerprint density at radius 1 is 1.17 bits per heavy atom. The largest absolute Gasteiger partial charge is 0.508 e. The van der Waals surface area contributed by atoms with Gasteiger partial charge in [0.05, 0.1) is 16.3 Å². The Hall–Kier alpha value is -3.08. The highest BCUT2D eigenvalue weighted by molar-refractivity contribution is 6.22. The van der Waals surface area contributed by atoms with Crippen LogP contribution in [-0.2, 0) is 0 Å². The number of phenolic OH excluding ortho intramolecular Hbond substituents is 1. The van der Waals surface area contributed by atoms with Gasteiger partial charge in [0, 0.05) is 49.9 Å². The zero-order chi connectivity index (χ0) is 28.6. The fourth-order valence-electron chi connectivity index (χ4n) is 7.91. The van der Waals surface area contributed by atoms with E-state index in [9.17, 15) is 9.50 Å². The fraction of sp³-hybridized carbons (Fsp3) is 0.516. The van der Waals surface area contributed by atoms with E-state index in [0.29, 0.717) is 48.2 Å². The van der Waals surface area contributed by atoms with Gasteiger partial charge < -0.3 is 20.1 Å². The molecule has 11 heteroatoms. The smallest absolute Gasteiger partial charge is 0.319 e. The molecular formula is C31H33ClF2N6O2. The lowest BCUT2D eigenvalue weighted by Gasteiger charge is -2.34. The molecule has 8 nitrogen and oxygen atoms in total. The number of halogens is 3. The number of anilines is 1. The van der Waals surface area contributed by atoms with Crippen LogP contribution in [0.4, 0.5) is 14.6 Å². The number of aromatic nitrogens is 3. The Morgan fingerprint density at radius 3 is 2.83 bits per heavy atom. The van der Waals surface area contributed by atoms with Crippen LogP contribution < -0.4 is 15.0 Å². The number of rotatable bonds is 5. The van der Waals surface area contributed by atoms with Crippen molar-refractivity contribution in [2.24, 2.45) is 0 Å². The Balaban J connectivity index is 1.24. The number of hydrogen-bond acceptors (Lipinski definition) is 8. The van der Waals surface area contributed by atoms with Crippen LogP contribution in [-0.4, -0.2) is 81.5 Å². The van der Waals surface area contributed by atoms with E-state index in [2.05, 4.69) is 25.1 Å². The Kier molecular flexibility index (Phi) is 6.31. The lowest BCUT2D eigenvalue weighted by atomic mass is 9.90. The van der Waals surface area contributed by atoms with Crippen LogP contribution in [0.25, 0.3) is 28.2 Å². The van der Waals surface area contributed by atoms with Crippen LogP contribution in [0.3, 0.4) is 0 Å². The number of pyridine rings is 1. The summed E-state index contributed by atoms with van der Waals surface area (Å²) in [5, 5.41) is 14.2. The van der Waals surface area contributed by atoms with Crippen LogP contribution in [0.2, 0.25) is 0 Å². The first-order valence-electron chi connectivity index (χ1n) is 14.9. The molecule has 2 bridgehead atoms. The highest BCUT2D eigenvalue weighted by atomic mass is 35.5. The third kappa shape index (κ3) is 4.33. The van der Waals surface area contributed by atoms with Crippen molar-refractivity contribution in [2.45, 2.75) is 67.7 Å². The molecule has 2 N–H and O–H groups in total. The maximum absolute atomic E-state index is 16.6. The van der Waals surface area contributed by atoms with Gasteiger partial charge >= 0.3 is 6.01 Å². The predicted molar refractivity (Wildman–Crippen MR) is 157 cm³/mol. The third-order valence-corrected chi connectivity index (χ3v) is 10.2. The molecule has 1 aromatic carbocycles. The average Bonchev–Trinajstić information content (AvgIpc) is 3.61. The summed E-state index contributed by atoms with van der Waals surface area (Å²) in [5.74, 6) is -0.0130. The molecular weight excluding hydrogens is 562 g/mol. The van der Waals surface area contributed by atoms with Crippen molar-refractivity contribution in [3.63, 3.8) is 0 Å². The molecule has 5 aliphatic rings. The molecule has 1 aliphatic carbocycles. The Morgan fingerprint density at radius 2 is 2.00 bits per heavy atom. The lowest BCUT2D eigenvalue weighted by molar-refractivity contribution is 0.107. The quantitative estimate of drug-likeness (QED) is 0.393. The fourth-order valence-corrected chi connectivity index (χ4v) is 8.25. The van der Waals surface area contributed by atoms with E-state index >= 15 is 4.39 Å². The van der Waals surface area contributed by atoms with E-state index in [1.807, 2.05) is 12.2 Å². The molecule has 42 heavy (non-hydrogen) atoms. The van der Waals surface area contributed by atoms with Gasteiger partial charge in [-0.05, 0) is 61.9 Å². The van der Waals surface area contributed by atoms with Crippen LogP contribution in [0.5, 0.6) is 11.8 Å². The number of alkyl halides is 2. The molecule has 220 valence electrons. The molecule has 0 saturated carbocycles. The van der Waals surface area contributed by atoms with Crippen LogP contribution in [0, 0.1) is 5.82 Å². The summed E-state index contributed by atoms with van der Waals surface area (Å²) >= 11 is 6.70. The van der Waals surface area contributed by atoms with Crippen LogP contribution in [0.15, 0.2) is 24.4 Å². The van der Waals surface area contributed by atoms with Crippen LogP contribution >= 0.6 is 11.6 Å². The van der Waals surface area contributed by atoms with Crippen molar-refractivity contribution >= 4 is 34.4 Å². The molecule has 0 amide bonds. The molecule has 3 unspecified atom stereocenters. The van der Waals surface area contributed by atoms with Crippen molar-refractivity contribution in [3.8, 4) is 23.0 Å². The summed E-state index contributed by atoms with van der Waals surface area (Å²) in [7, 11) is 0. The maximum atomic E-state index is 16.6. The summed E-state index contributed by atoms with van der Waals surface area (Å²) in [4.78, 5) is 18.4. The summed E-state index contributed by atoms with van der Waals surface area (Å²) in [6, 6.07) is 3.91. The van der Waals surface area contributed by atoms with Gasteiger partial charge in [-0.1, -0.05) is 12.2 Å². The molecule has 5 atom stereocenters. The second-order valence-corrected chi connectivity index (χ2v) is 13.0. The number of fused-ring (bicyclic) bond motifs is 5. The minimum absolute atomic E-state index is 0.00672. The van der Waals surface area contributed by atoms with Crippen molar-refractivity contribution in [1.82, 2.24) is 25.2 Å². The summed E-state index contributed by atoms with van der Waals surface area (Å²) < 4.78 is 37.3. The zero-order valence-corrected chi connectivity index (χ0v) is 24.0. The Bertz CT molecular complexity index is 1590. The number of ether oxygens (including phenoxy) is 1. The van der Waals surface area contributed by atoms with E-state index in [-0.39, 0.29) is 40.5 Å². The van der Waals surface area contributed by atoms with Gasteiger partial charge in [-0.15, -0.1) is 11.6 Å². The molecule has 4 aliphatic heterocycles. The lowest BCUT2D eigenvalue weighted by Crippen LogP contribution is -2.51. The summed E-state index contributed by atoms with van der Waals surface area (Å²) in [6.07, 6.45) is 9.62. The third-order valence-electron chi connectivity index (χ3n) is 9.80. The second-order valence-electron chi connectivity index (χ2n) is 12.5. The number of hydrogen-bond donors (Lipinski definition) is 2. The van der Waals surface area contributed by atoms with Gasteiger partial charge in [-0.25, -0.2) is 8.78 Å². The first-order chi connectivity index (χ1) is 20.4. The maximum Gasteiger partial charge on any atom is 0.319 e. The van der Waals surface area contributed by atoms with Gasteiger partial charge in [0.2, 0.25) is 0 Å². The van der Waals surface area contributed by atoms with E-state index in [4.69, 9.17) is 21.3 Å². The average molecular weight is 595 g/mol. The van der Waals surface area contributed by atoms with Crippen LogP contribution in [0.1, 0.15) is 55.0 Å². The Labute approximate surface area is 247 Å². The van der Waals surface area contributed by atoms with Crippen molar-refractivity contribution in [1.29, 1.82) is 0 Å². The highest BCUT2D eigenvalue weighted by Gasteiger charge is 2.49. The number of nitrogens with zero attached hydrogens (tertiary/aromatic N) is 5. The number of aromatic hydroxyl groups is 1. The van der Waals surface area contributed by atoms with Gasteiger partial charge in [0.15, 0.2) is 5.82 Å². The minimum Gasteiger partial charge on any atom is -0.508 e. The minimum atomic E-state index is -0.877. The van der Waals surface area contributed by atoms with Crippen molar-refractivity contribution < 1.29 is 18.6 Å². The SMILES string of the molecule is Oc1cc2c(c(-c3ncc4c(N5CC6CCC(C5)N6)nc(OC[C@@]56CCCN5C[C@H](F)C6)nc4c3F)c1)C(Cl)CC=C2. The van der Waals surface area contributed by atoms with Gasteiger partial charge in [-0.2, -0.15) is 9.97 Å². The monoisotopic (exact) mass is 594 g/mol. The van der Waals surface area contributed by atoms with Gasteiger partial charge in [0.1, 0.15) is 35.6 Å².